The first kappa shape index (κ1) is 14.8. The van der Waals surface area contributed by atoms with Crippen molar-refractivity contribution in [3.8, 4) is 0 Å². The van der Waals surface area contributed by atoms with E-state index < -0.39 is 0 Å². The Hall–Kier alpha value is -1.27. The standard InChI is InChI=1S/C12H19N3O2S/c1-9(2)5-6-18-8-10-7-11(15(16)17)3-4-12(10)14-13/h3-4,7,9,14H,5-6,8,13H2,1-2H3. The number of non-ortho nitro benzene ring substituents is 1. The first-order valence-electron chi connectivity index (χ1n) is 5.86. The molecule has 0 aliphatic carbocycles. The fourth-order valence-electron chi connectivity index (χ4n) is 1.46. The van der Waals surface area contributed by atoms with Crippen LogP contribution in [0.3, 0.4) is 0 Å². The summed E-state index contributed by atoms with van der Waals surface area (Å²) in [5, 5.41) is 10.7. The summed E-state index contributed by atoms with van der Waals surface area (Å²) < 4.78 is 0. The molecule has 0 atom stereocenters. The van der Waals surface area contributed by atoms with Crippen LogP contribution >= 0.6 is 11.8 Å². The topological polar surface area (TPSA) is 81.2 Å². The first-order valence-corrected chi connectivity index (χ1v) is 7.01. The van der Waals surface area contributed by atoms with Crippen molar-refractivity contribution in [2.45, 2.75) is 26.0 Å². The molecule has 0 spiro atoms. The van der Waals surface area contributed by atoms with Crippen LogP contribution in [0.1, 0.15) is 25.8 Å². The van der Waals surface area contributed by atoms with Crippen LogP contribution in [-0.2, 0) is 5.75 Å². The van der Waals surface area contributed by atoms with Crippen LogP contribution in [0.25, 0.3) is 0 Å². The molecule has 0 fully saturated rings. The minimum Gasteiger partial charge on any atom is -0.324 e. The second-order valence-electron chi connectivity index (χ2n) is 4.48. The average molecular weight is 269 g/mol. The first-order chi connectivity index (χ1) is 8.54. The molecule has 18 heavy (non-hydrogen) atoms. The molecule has 0 heterocycles. The number of nitrogens with two attached hydrogens (primary N) is 1. The molecular formula is C12H19N3O2S. The van der Waals surface area contributed by atoms with Crippen LogP contribution in [0.15, 0.2) is 18.2 Å². The molecule has 0 radical (unpaired) electrons. The van der Waals surface area contributed by atoms with E-state index >= 15 is 0 Å². The lowest BCUT2D eigenvalue weighted by Crippen LogP contribution is -2.09. The lowest BCUT2D eigenvalue weighted by Gasteiger charge is -2.09. The quantitative estimate of drug-likeness (QED) is 0.344. The van der Waals surface area contributed by atoms with Gasteiger partial charge in [0.1, 0.15) is 0 Å². The molecule has 1 aromatic rings. The molecular weight excluding hydrogens is 250 g/mol. The van der Waals surface area contributed by atoms with Crippen molar-refractivity contribution in [3.63, 3.8) is 0 Å². The monoisotopic (exact) mass is 269 g/mol. The van der Waals surface area contributed by atoms with Gasteiger partial charge in [0.15, 0.2) is 0 Å². The minimum absolute atomic E-state index is 0.105. The third-order valence-electron chi connectivity index (χ3n) is 2.55. The van der Waals surface area contributed by atoms with Crippen LogP contribution in [0, 0.1) is 16.0 Å². The fourth-order valence-corrected chi connectivity index (χ4v) is 2.70. The third kappa shape index (κ3) is 4.54. The number of rotatable bonds is 7. The van der Waals surface area contributed by atoms with Crippen molar-refractivity contribution in [2.75, 3.05) is 11.2 Å². The number of nitro benzene ring substituents is 1. The van der Waals surface area contributed by atoms with Gasteiger partial charge >= 0.3 is 0 Å². The highest BCUT2D eigenvalue weighted by Crippen LogP contribution is 2.26. The highest BCUT2D eigenvalue weighted by molar-refractivity contribution is 7.98. The third-order valence-corrected chi connectivity index (χ3v) is 3.59. The Morgan fingerprint density at radius 2 is 2.22 bits per heavy atom. The van der Waals surface area contributed by atoms with Gasteiger partial charge in [-0.05, 0) is 29.7 Å². The average Bonchev–Trinajstić information content (AvgIpc) is 2.34. The smallest absolute Gasteiger partial charge is 0.269 e. The van der Waals surface area contributed by atoms with Crippen LogP contribution in [-0.4, -0.2) is 10.7 Å². The lowest BCUT2D eigenvalue weighted by atomic mass is 10.2. The number of hydrogen-bond acceptors (Lipinski definition) is 5. The number of hydrazine groups is 1. The van der Waals surface area contributed by atoms with E-state index in [0.717, 1.165) is 29.2 Å². The molecule has 0 saturated carbocycles. The fraction of sp³-hybridized carbons (Fsp3) is 0.500. The van der Waals surface area contributed by atoms with Gasteiger partial charge in [-0.15, -0.1) is 0 Å². The highest BCUT2D eigenvalue weighted by Gasteiger charge is 2.10. The Kier molecular flexibility index (Phi) is 5.94. The number of nitrogens with one attached hydrogen (secondary N) is 1. The van der Waals surface area contributed by atoms with Crippen molar-refractivity contribution >= 4 is 23.1 Å². The number of nitrogens with zero attached hydrogens (tertiary/aromatic N) is 1. The van der Waals surface area contributed by atoms with Gasteiger partial charge in [0, 0.05) is 17.9 Å². The molecule has 0 aliphatic rings. The zero-order valence-electron chi connectivity index (χ0n) is 10.7. The molecule has 6 heteroatoms. The van der Waals surface area contributed by atoms with Crippen LogP contribution in [0.2, 0.25) is 0 Å². The minimum atomic E-state index is -0.386. The summed E-state index contributed by atoms with van der Waals surface area (Å²) in [5.41, 5.74) is 4.30. The molecule has 0 saturated heterocycles. The zero-order chi connectivity index (χ0) is 13.5. The van der Waals surface area contributed by atoms with Gasteiger partial charge in [0.05, 0.1) is 10.6 Å². The Bertz CT molecular complexity index is 410. The summed E-state index contributed by atoms with van der Waals surface area (Å²) in [6.45, 7) is 4.36. The van der Waals surface area contributed by atoms with E-state index in [4.69, 9.17) is 5.84 Å². The zero-order valence-corrected chi connectivity index (χ0v) is 11.5. The molecule has 1 aromatic carbocycles. The molecule has 3 N–H and O–H groups in total. The van der Waals surface area contributed by atoms with Gasteiger partial charge in [0.25, 0.3) is 5.69 Å². The maximum Gasteiger partial charge on any atom is 0.269 e. The molecule has 0 bridgehead atoms. The van der Waals surface area contributed by atoms with Crippen LogP contribution in [0.4, 0.5) is 11.4 Å². The van der Waals surface area contributed by atoms with Crippen LogP contribution < -0.4 is 11.3 Å². The predicted molar refractivity (Wildman–Crippen MR) is 76.5 cm³/mol. The SMILES string of the molecule is CC(C)CCSCc1cc([N+](=O)[O-])ccc1NN. The van der Waals surface area contributed by atoms with Gasteiger partial charge in [0.2, 0.25) is 0 Å². The molecule has 0 amide bonds. The maximum absolute atomic E-state index is 10.7. The number of nitro groups is 1. The molecule has 1 rings (SSSR count). The second kappa shape index (κ2) is 7.23. The van der Waals surface area contributed by atoms with Gasteiger partial charge in [-0.1, -0.05) is 13.8 Å². The Morgan fingerprint density at radius 3 is 2.78 bits per heavy atom. The van der Waals surface area contributed by atoms with E-state index in [-0.39, 0.29) is 10.6 Å². The molecule has 5 nitrogen and oxygen atoms in total. The largest absolute Gasteiger partial charge is 0.324 e. The molecule has 0 aromatic heterocycles. The van der Waals surface area contributed by atoms with E-state index in [1.54, 1.807) is 23.9 Å². The summed E-state index contributed by atoms with van der Waals surface area (Å²) in [4.78, 5) is 10.3. The number of nitrogen functional groups attached to an aromatic ring is 1. The van der Waals surface area contributed by atoms with E-state index in [0.29, 0.717) is 5.92 Å². The van der Waals surface area contributed by atoms with E-state index in [1.807, 2.05) is 0 Å². The summed E-state index contributed by atoms with van der Waals surface area (Å²) >= 11 is 1.77. The number of benzene rings is 1. The number of thioether (sulfide) groups is 1. The predicted octanol–water partition coefficient (Wildman–Crippen LogP) is 3.16. The number of hydrogen-bond donors (Lipinski definition) is 2. The Labute approximate surface area is 111 Å². The summed E-state index contributed by atoms with van der Waals surface area (Å²) in [6.07, 6.45) is 1.14. The van der Waals surface area contributed by atoms with Crippen molar-refractivity contribution < 1.29 is 4.92 Å². The second-order valence-corrected chi connectivity index (χ2v) is 5.58. The maximum atomic E-state index is 10.7. The van der Waals surface area contributed by atoms with E-state index in [1.165, 1.54) is 6.07 Å². The lowest BCUT2D eigenvalue weighted by molar-refractivity contribution is -0.384. The van der Waals surface area contributed by atoms with Crippen molar-refractivity contribution in [2.24, 2.45) is 11.8 Å². The van der Waals surface area contributed by atoms with Crippen molar-refractivity contribution in [3.05, 3.63) is 33.9 Å². The Balaban J connectivity index is 2.66. The van der Waals surface area contributed by atoms with E-state index in [2.05, 4.69) is 19.3 Å². The normalized spacial score (nSPS) is 10.7. The van der Waals surface area contributed by atoms with Gasteiger partial charge in [-0.2, -0.15) is 11.8 Å². The van der Waals surface area contributed by atoms with Crippen LogP contribution in [0.5, 0.6) is 0 Å². The van der Waals surface area contributed by atoms with Crippen molar-refractivity contribution in [1.29, 1.82) is 0 Å². The van der Waals surface area contributed by atoms with Crippen molar-refractivity contribution in [1.82, 2.24) is 0 Å². The molecule has 100 valence electrons. The highest BCUT2D eigenvalue weighted by atomic mass is 32.2. The van der Waals surface area contributed by atoms with Gasteiger partial charge < -0.3 is 5.43 Å². The van der Waals surface area contributed by atoms with Gasteiger partial charge in [-0.25, -0.2) is 0 Å². The summed E-state index contributed by atoms with van der Waals surface area (Å²) in [6, 6.07) is 4.69. The Morgan fingerprint density at radius 1 is 1.50 bits per heavy atom. The van der Waals surface area contributed by atoms with Gasteiger partial charge in [-0.3, -0.25) is 16.0 Å². The summed E-state index contributed by atoms with van der Waals surface area (Å²) in [7, 11) is 0. The van der Waals surface area contributed by atoms with E-state index in [9.17, 15) is 10.1 Å². The molecule has 0 aliphatic heterocycles. The summed E-state index contributed by atoms with van der Waals surface area (Å²) in [5.74, 6) is 7.85. The molecule has 0 unspecified atom stereocenters. The number of anilines is 1.